The summed E-state index contributed by atoms with van der Waals surface area (Å²) in [6, 6.07) is 8.34. The van der Waals surface area contributed by atoms with Crippen LogP contribution in [-0.2, 0) is 0 Å². The molecule has 0 amide bonds. The van der Waals surface area contributed by atoms with Gasteiger partial charge in [-0.3, -0.25) is 0 Å². The van der Waals surface area contributed by atoms with E-state index in [9.17, 15) is 9.79 Å². The molecule has 0 saturated carbocycles. The van der Waals surface area contributed by atoms with Crippen molar-refractivity contribution in [1.82, 2.24) is 0 Å². The highest BCUT2D eigenvalue weighted by Gasteiger charge is 1.84. The molecule has 0 fully saturated rings. The smallest absolute Gasteiger partial charge is 0.119 e. The zero-order valence-electron chi connectivity index (χ0n) is 5.44. The molecule has 0 aliphatic carbocycles. The van der Waals surface area contributed by atoms with Crippen LogP contribution in [0.1, 0.15) is 0 Å². The van der Waals surface area contributed by atoms with Crippen LogP contribution in [0.15, 0.2) is 30.3 Å². The Morgan fingerprint density at radius 1 is 1.09 bits per heavy atom. The molecule has 0 aliphatic heterocycles. The minimum absolute atomic E-state index is 0. The van der Waals surface area contributed by atoms with Gasteiger partial charge in [-0.15, -0.1) is 0 Å². The Balaban J connectivity index is 0.000001000. The predicted molar refractivity (Wildman–Crippen MR) is 34.0 cm³/mol. The molecule has 0 bridgehead atoms. The van der Waals surface area contributed by atoms with Gasteiger partial charge in [0.1, 0.15) is 5.75 Å². The van der Waals surface area contributed by atoms with Crippen LogP contribution in [0, 0.1) is 0 Å². The van der Waals surface area contributed by atoms with Crippen LogP contribution in [0.2, 0.25) is 0 Å². The second-order valence-corrected chi connectivity index (χ2v) is 2.26. The van der Waals surface area contributed by atoms with E-state index < -0.39 is 8.60 Å². The molecular weight excluding hydrogens is 186 g/mol. The van der Waals surface area contributed by atoms with Crippen LogP contribution >= 0.6 is 8.60 Å². The largest absolute Gasteiger partial charge is 1.00 e. The summed E-state index contributed by atoms with van der Waals surface area (Å²) in [5, 5.41) is 0. The van der Waals surface area contributed by atoms with Crippen LogP contribution in [0.25, 0.3) is 0 Å². The number of para-hydroxylation sites is 1. The Kier molecular flexibility index (Phi) is 5.16. The third-order valence-electron chi connectivity index (χ3n) is 0.923. The first-order valence-electron chi connectivity index (χ1n) is 2.66. The van der Waals surface area contributed by atoms with Gasteiger partial charge in [0.2, 0.25) is 0 Å². The molecular formula is C6H5ClO3P-3. The molecule has 0 aliphatic rings. The summed E-state index contributed by atoms with van der Waals surface area (Å²) in [7, 11) is -2.78. The van der Waals surface area contributed by atoms with E-state index in [-0.39, 0.29) is 12.4 Å². The van der Waals surface area contributed by atoms with Gasteiger partial charge in [-0.1, -0.05) is 26.8 Å². The molecule has 0 heterocycles. The lowest BCUT2D eigenvalue weighted by Crippen LogP contribution is -3.00. The quantitative estimate of drug-likeness (QED) is 0.469. The Hall–Kier alpha value is -0.340. The average Bonchev–Trinajstić information content (AvgIpc) is 1.88. The van der Waals surface area contributed by atoms with E-state index in [0.29, 0.717) is 5.75 Å². The van der Waals surface area contributed by atoms with Crippen LogP contribution in [0.4, 0.5) is 0 Å². The third-order valence-corrected chi connectivity index (χ3v) is 1.28. The number of hydrogen-bond acceptors (Lipinski definition) is 3. The topological polar surface area (TPSA) is 55.3 Å². The number of halogens is 1. The molecule has 0 unspecified atom stereocenters. The summed E-state index contributed by atoms with van der Waals surface area (Å²) in [5.41, 5.74) is 0. The maximum absolute atomic E-state index is 9.98. The second kappa shape index (κ2) is 5.33. The molecule has 1 aromatic rings. The van der Waals surface area contributed by atoms with Gasteiger partial charge in [-0.05, 0) is 12.1 Å². The second-order valence-electron chi connectivity index (χ2n) is 1.63. The highest BCUT2D eigenvalue weighted by molar-refractivity contribution is 7.36. The first kappa shape index (κ1) is 10.7. The van der Waals surface area contributed by atoms with E-state index in [1.54, 1.807) is 30.3 Å². The van der Waals surface area contributed by atoms with Gasteiger partial charge in [0.25, 0.3) is 0 Å². The minimum Gasteiger partial charge on any atom is -1.00 e. The Morgan fingerprint density at radius 3 is 2.09 bits per heavy atom. The summed E-state index contributed by atoms with van der Waals surface area (Å²) < 4.78 is 4.37. The molecule has 1 aromatic carbocycles. The monoisotopic (exact) mass is 191 g/mol. The van der Waals surface area contributed by atoms with Gasteiger partial charge < -0.3 is 26.7 Å². The number of hydrogen-bond donors (Lipinski definition) is 0. The van der Waals surface area contributed by atoms with Crippen molar-refractivity contribution >= 4 is 8.60 Å². The van der Waals surface area contributed by atoms with E-state index in [2.05, 4.69) is 4.52 Å². The van der Waals surface area contributed by atoms with E-state index >= 15 is 0 Å². The summed E-state index contributed by atoms with van der Waals surface area (Å²) >= 11 is 0. The Bertz CT molecular complexity index is 192. The molecule has 0 N–H and O–H groups in total. The predicted octanol–water partition coefficient (Wildman–Crippen LogP) is -2.98. The van der Waals surface area contributed by atoms with Crippen molar-refractivity contribution in [3.63, 3.8) is 0 Å². The molecule has 0 spiro atoms. The first-order valence-corrected chi connectivity index (χ1v) is 3.76. The molecule has 11 heavy (non-hydrogen) atoms. The molecule has 0 atom stereocenters. The van der Waals surface area contributed by atoms with Crippen LogP contribution < -0.4 is 26.7 Å². The van der Waals surface area contributed by atoms with Gasteiger partial charge in [0.05, 0.1) is 0 Å². The van der Waals surface area contributed by atoms with Gasteiger partial charge in [-0.2, -0.15) is 0 Å². The van der Waals surface area contributed by atoms with Crippen LogP contribution in [0.5, 0.6) is 5.75 Å². The normalized spacial score (nSPS) is 9.00. The van der Waals surface area contributed by atoms with Gasteiger partial charge >= 0.3 is 0 Å². The SMILES string of the molecule is [Cl-].[O-]P([O-])Oc1ccccc1. The number of benzene rings is 1. The highest BCUT2D eigenvalue weighted by Crippen LogP contribution is 2.20. The molecule has 5 heteroatoms. The zero-order valence-corrected chi connectivity index (χ0v) is 7.09. The summed E-state index contributed by atoms with van der Waals surface area (Å²) in [5.74, 6) is 0.346. The molecule has 0 saturated heterocycles. The summed E-state index contributed by atoms with van der Waals surface area (Å²) in [6.45, 7) is 0. The summed E-state index contributed by atoms with van der Waals surface area (Å²) in [6.07, 6.45) is 0. The van der Waals surface area contributed by atoms with Crippen molar-refractivity contribution < 1.29 is 26.7 Å². The van der Waals surface area contributed by atoms with Gasteiger partial charge in [0, 0.05) is 0 Å². The van der Waals surface area contributed by atoms with Crippen molar-refractivity contribution in [1.29, 1.82) is 0 Å². The van der Waals surface area contributed by atoms with Gasteiger partial charge in [-0.25, -0.2) is 0 Å². The number of rotatable bonds is 2. The Morgan fingerprint density at radius 2 is 1.64 bits per heavy atom. The molecule has 0 radical (unpaired) electrons. The van der Waals surface area contributed by atoms with Crippen molar-refractivity contribution in [2.24, 2.45) is 0 Å². The molecule has 0 aromatic heterocycles. The maximum Gasteiger partial charge on any atom is 0.119 e. The molecule has 1 rings (SSSR count). The fourth-order valence-electron chi connectivity index (χ4n) is 0.567. The molecule has 62 valence electrons. The van der Waals surface area contributed by atoms with Gasteiger partial charge in [0.15, 0.2) is 0 Å². The van der Waals surface area contributed by atoms with E-state index in [0.717, 1.165) is 0 Å². The lowest BCUT2D eigenvalue weighted by atomic mass is 10.3. The maximum atomic E-state index is 9.98. The van der Waals surface area contributed by atoms with Crippen LogP contribution in [-0.4, -0.2) is 0 Å². The van der Waals surface area contributed by atoms with E-state index in [1.165, 1.54) is 0 Å². The lowest BCUT2D eigenvalue weighted by molar-refractivity contribution is -0.310. The van der Waals surface area contributed by atoms with Crippen molar-refractivity contribution in [2.75, 3.05) is 0 Å². The van der Waals surface area contributed by atoms with E-state index in [4.69, 9.17) is 0 Å². The van der Waals surface area contributed by atoms with Crippen molar-refractivity contribution in [3.8, 4) is 5.75 Å². The standard InChI is InChI=1S/C6H5O3P.ClH/c7-10(8)9-6-4-2-1-3-5-6;/h1-5H;1H/q-2;/p-1. The molecule has 3 nitrogen and oxygen atoms in total. The van der Waals surface area contributed by atoms with Crippen LogP contribution in [0.3, 0.4) is 0 Å². The lowest BCUT2D eigenvalue weighted by Gasteiger charge is -2.29. The zero-order chi connectivity index (χ0) is 7.40. The first-order chi connectivity index (χ1) is 4.79. The average molecular weight is 192 g/mol. The Labute approximate surface area is 72.0 Å². The van der Waals surface area contributed by atoms with Crippen molar-refractivity contribution in [2.45, 2.75) is 0 Å². The fourth-order valence-corrected chi connectivity index (χ4v) is 0.861. The van der Waals surface area contributed by atoms with Crippen molar-refractivity contribution in [3.05, 3.63) is 30.3 Å². The van der Waals surface area contributed by atoms with E-state index in [1.807, 2.05) is 0 Å². The third kappa shape index (κ3) is 4.17. The minimum atomic E-state index is -2.78. The summed E-state index contributed by atoms with van der Waals surface area (Å²) in [4.78, 5) is 20.0. The highest BCUT2D eigenvalue weighted by atomic mass is 35.5. The fraction of sp³-hybridized carbons (Fsp3) is 0.